The highest BCUT2D eigenvalue weighted by Gasteiger charge is 2.11. The Hall–Kier alpha value is -1.35. The molecule has 1 aromatic carbocycles. The largest absolute Gasteiger partial charge is 0.351 e. The Morgan fingerprint density at radius 1 is 1.16 bits per heavy atom. The highest BCUT2D eigenvalue weighted by Crippen LogP contribution is 2.15. The van der Waals surface area contributed by atoms with E-state index in [2.05, 4.69) is 37.1 Å². The first-order valence-corrected chi connectivity index (χ1v) is 7.08. The number of carbonyl (C=O) groups is 1. The lowest BCUT2D eigenvalue weighted by Gasteiger charge is -2.18. The van der Waals surface area contributed by atoms with Gasteiger partial charge in [-0.25, -0.2) is 0 Å². The van der Waals surface area contributed by atoms with Crippen molar-refractivity contribution in [1.29, 1.82) is 0 Å². The van der Waals surface area contributed by atoms with Gasteiger partial charge in [0.1, 0.15) is 0 Å². The molecule has 1 N–H and O–H groups in total. The number of rotatable bonds is 6. The molecule has 0 unspecified atom stereocenters. The Bertz CT molecular complexity index is 437. The summed E-state index contributed by atoms with van der Waals surface area (Å²) in [7, 11) is 0. The lowest BCUT2D eigenvalue weighted by atomic mass is 9.99. The van der Waals surface area contributed by atoms with E-state index in [0.29, 0.717) is 6.54 Å². The van der Waals surface area contributed by atoms with Gasteiger partial charge < -0.3 is 10.2 Å². The third-order valence-corrected chi connectivity index (χ3v) is 3.66. The number of hydrogen-bond donors (Lipinski definition) is 1. The summed E-state index contributed by atoms with van der Waals surface area (Å²) in [6, 6.07) is 4.08. The molecule has 0 fully saturated rings. The number of nitrogens with zero attached hydrogens (tertiary/aromatic N) is 1. The van der Waals surface area contributed by atoms with Crippen LogP contribution in [0.25, 0.3) is 0 Å². The molecule has 0 saturated carbocycles. The Labute approximate surface area is 117 Å². The van der Waals surface area contributed by atoms with Crippen molar-refractivity contribution in [2.24, 2.45) is 0 Å². The zero-order valence-electron chi connectivity index (χ0n) is 12.8. The number of nitrogens with one attached hydrogen (secondary N) is 1. The molecule has 0 saturated heterocycles. The van der Waals surface area contributed by atoms with Gasteiger partial charge in [-0.1, -0.05) is 25.5 Å². The smallest absolute Gasteiger partial charge is 0.251 e. The molecule has 0 aliphatic heterocycles. The molecule has 0 radical (unpaired) electrons. The molecular weight excluding hydrogens is 236 g/mol. The standard InChI is InChI=1S/C16H26N2O/c1-6-18(7-2)9-8-17-16(19)15-11-12(3)10-13(4)14(15)5/h10-11H,6-9H2,1-5H3,(H,17,19). The topological polar surface area (TPSA) is 32.3 Å². The minimum atomic E-state index is 0.0384. The van der Waals surface area contributed by atoms with Crippen LogP contribution in [-0.2, 0) is 0 Å². The van der Waals surface area contributed by atoms with E-state index < -0.39 is 0 Å². The van der Waals surface area contributed by atoms with Gasteiger partial charge in [0.05, 0.1) is 0 Å². The van der Waals surface area contributed by atoms with E-state index in [1.165, 1.54) is 5.56 Å². The van der Waals surface area contributed by atoms with E-state index >= 15 is 0 Å². The van der Waals surface area contributed by atoms with Crippen LogP contribution in [0.3, 0.4) is 0 Å². The summed E-state index contributed by atoms with van der Waals surface area (Å²) in [4.78, 5) is 14.5. The van der Waals surface area contributed by atoms with Crippen molar-refractivity contribution < 1.29 is 4.79 Å². The first-order chi connectivity index (χ1) is 8.99. The number of amides is 1. The molecule has 106 valence electrons. The highest BCUT2D eigenvalue weighted by molar-refractivity contribution is 5.96. The van der Waals surface area contributed by atoms with Crippen molar-refractivity contribution in [2.75, 3.05) is 26.2 Å². The predicted octanol–water partition coefficient (Wildman–Crippen LogP) is 2.68. The van der Waals surface area contributed by atoms with E-state index in [4.69, 9.17) is 0 Å². The summed E-state index contributed by atoms with van der Waals surface area (Å²) in [6.07, 6.45) is 0. The van der Waals surface area contributed by atoms with Gasteiger partial charge in [-0.3, -0.25) is 4.79 Å². The third kappa shape index (κ3) is 4.35. The summed E-state index contributed by atoms with van der Waals surface area (Å²) in [6.45, 7) is 14.0. The third-order valence-electron chi connectivity index (χ3n) is 3.66. The number of benzene rings is 1. The van der Waals surface area contributed by atoms with Crippen LogP contribution in [0.15, 0.2) is 12.1 Å². The van der Waals surface area contributed by atoms with Gasteiger partial charge in [0.2, 0.25) is 0 Å². The molecule has 19 heavy (non-hydrogen) atoms. The maximum absolute atomic E-state index is 12.2. The Morgan fingerprint density at radius 3 is 2.37 bits per heavy atom. The van der Waals surface area contributed by atoms with E-state index in [1.807, 2.05) is 19.9 Å². The molecule has 0 aliphatic carbocycles. The van der Waals surface area contributed by atoms with Gasteiger partial charge in [0.15, 0.2) is 0 Å². The van der Waals surface area contributed by atoms with Crippen LogP contribution in [0, 0.1) is 20.8 Å². The second-order valence-corrected chi connectivity index (χ2v) is 5.04. The van der Waals surface area contributed by atoms with Crippen LogP contribution in [0.1, 0.15) is 40.9 Å². The molecular formula is C16H26N2O. The van der Waals surface area contributed by atoms with Crippen LogP contribution in [0.4, 0.5) is 0 Å². The number of carbonyl (C=O) groups excluding carboxylic acids is 1. The molecule has 0 aromatic heterocycles. The van der Waals surface area contributed by atoms with Crippen LogP contribution in [0.5, 0.6) is 0 Å². The zero-order chi connectivity index (χ0) is 14.4. The molecule has 1 amide bonds. The molecule has 0 aliphatic rings. The fourth-order valence-electron chi connectivity index (χ4n) is 2.24. The Kier molecular flexibility index (Phi) is 6.03. The minimum Gasteiger partial charge on any atom is -0.351 e. The van der Waals surface area contributed by atoms with Gasteiger partial charge in [-0.2, -0.15) is 0 Å². The van der Waals surface area contributed by atoms with Crippen molar-refractivity contribution in [1.82, 2.24) is 10.2 Å². The van der Waals surface area contributed by atoms with Gasteiger partial charge in [-0.15, -0.1) is 0 Å². The Balaban J connectivity index is 2.64. The number of likely N-dealkylation sites (N-methyl/N-ethyl adjacent to an activating group) is 1. The normalized spacial score (nSPS) is 10.8. The first kappa shape index (κ1) is 15.7. The van der Waals surface area contributed by atoms with Crippen molar-refractivity contribution >= 4 is 5.91 Å². The average molecular weight is 262 g/mol. The van der Waals surface area contributed by atoms with Crippen molar-refractivity contribution in [3.63, 3.8) is 0 Å². The number of aryl methyl sites for hydroxylation is 2. The predicted molar refractivity (Wildman–Crippen MR) is 80.8 cm³/mol. The van der Waals surface area contributed by atoms with Gasteiger partial charge in [-0.05, 0) is 51.1 Å². The zero-order valence-corrected chi connectivity index (χ0v) is 12.8. The maximum atomic E-state index is 12.2. The van der Waals surface area contributed by atoms with Crippen LogP contribution in [-0.4, -0.2) is 37.0 Å². The SMILES string of the molecule is CCN(CC)CCNC(=O)c1cc(C)cc(C)c1C. The lowest BCUT2D eigenvalue weighted by molar-refractivity contribution is 0.0948. The average Bonchev–Trinajstić information content (AvgIpc) is 2.38. The van der Waals surface area contributed by atoms with Crippen molar-refractivity contribution in [3.05, 3.63) is 34.4 Å². The van der Waals surface area contributed by atoms with Crippen LogP contribution >= 0.6 is 0 Å². The second-order valence-electron chi connectivity index (χ2n) is 5.04. The molecule has 3 nitrogen and oxygen atoms in total. The molecule has 1 aromatic rings. The quantitative estimate of drug-likeness (QED) is 0.855. The Morgan fingerprint density at radius 2 is 1.79 bits per heavy atom. The van der Waals surface area contributed by atoms with Gasteiger partial charge in [0.25, 0.3) is 5.91 Å². The van der Waals surface area contributed by atoms with Crippen LogP contribution < -0.4 is 5.32 Å². The molecule has 0 bridgehead atoms. The summed E-state index contributed by atoms with van der Waals surface area (Å²) >= 11 is 0. The van der Waals surface area contributed by atoms with Crippen LogP contribution in [0.2, 0.25) is 0 Å². The minimum absolute atomic E-state index is 0.0384. The van der Waals surface area contributed by atoms with E-state index in [-0.39, 0.29) is 5.91 Å². The first-order valence-electron chi connectivity index (χ1n) is 7.08. The summed E-state index contributed by atoms with van der Waals surface area (Å²) in [5.74, 6) is 0.0384. The molecule has 0 spiro atoms. The molecule has 0 heterocycles. The molecule has 1 rings (SSSR count). The number of hydrogen-bond acceptors (Lipinski definition) is 2. The van der Waals surface area contributed by atoms with Crippen molar-refractivity contribution in [2.45, 2.75) is 34.6 Å². The van der Waals surface area contributed by atoms with E-state index in [1.54, 1.807) is 0 Å². The molecule has 0 atom stereocenters. The highest BCUT2D eigenvalue weighted by atomic mass is 16.1. The fraction of sp³-hybridized carbons (Fsp3) is 0.562. The second kappa shape index (κ2) is 7.29. The monoisotopic (exact) mass is 262 g/mol. The maximum Gasteiger partial charge on any atom is 0.251 e. The lowest BCUT2D eigenvalue weighted by Crippen LogP contribution is -2.35. The summed E-state index contributed by atoms with van der Waals surface area (Å²) in [5, 5.41) is 3.01. The summed E-state index contributed by atoms with van der Waals surface area (Å²) < 4.78 is 0. The van der Waals surface area contributed by atoms with E-state index in [9.17, 15) is 4.79 Å². The van der Waals surface area contributed by atoms with Gasteiger partial charge in [0, 0.05) is 18.7 Å². The molecule has 3 heteroatoms. The van der Waals surface area contributed by atoms with Crippen molar-refractivity contribution in [3.8, 4) is 0 Å². The van der Waals surface area contributed by atoms with E-state index in [0.717, 1.165) is 36.3 Å². The van der Waals surface area contributed by atoms with Gasteiger partial charge >= 0.3 is 0 Å². The summed E-state index contributed by atoms with van der Waals surface area (Å²) in [5.41, 5.74) is 4.19. The fourth-order valence-corrected chi connectivity index (χ4v) is 2.24.